The van der Waals surface area contributed by atoms with Gasteiger partial charge in [0.05, 0.1) is 12.9 Å². The van der Waals surface area contributed by atoms with Gasteiger partial charge in [-0.25, -0.2) is 13.4 Å². The zero-order chi connectivity index (χ0) is 14.9. The summed E-state index contributed by atoms with van der Waals surface area (Å²) in [6, 6.07) is 1.64. The molecular formula is C11H14ClN3O4S. The average Bonchev–Trinajstić information content (AvgIpc) is 2.66. The normalized spacial score (nSPS) is 19.4. The van der Waals surface area contributed by atoms with Gasteiger partial charge in [-0.2, -0.15) is 4.98 Å². The number of halogens is 1. The van der Waals surface area contributed by atoms with Crippen LogP contribution < -0.4 is 9.64 Å². The summed E-state index contributed by atoms with van der Waals surface area (Å²) >= 11 is 0. The Hall–Kier alpha value is -1.41. The van der Waals surface area contributed by atoms with Gasteiger partial charge in [-0.1, -0.05) is 0 Å². The van der Waals surface area contributed by atoms with Gasteiger partial charge >= 0.3 is 0 Å². The van der Waals surface area contributed by atoms with E-state index in [1.54, 1.807) is 13.0 Å². The fourth-order valence-corrected chi connectivity index (χ4v) is 3.44. The molecule has 1 atom stereocenters. The van der Waals surface area contributed by atoms with Crippen molar-refractivity contribution in [2.45, 2.75) is 13.3 Å². The predicted molar refractivity (Wildman–Crippen MR) is 73.4 cm³/mol. The highest BCUT2D eigenvalue weighted by Crippen LogP contribution is 2.25. The van der Waals surface area contributed by atoms with Crippen LogP contribution in [0.15, 0.2) is 6.07 Å². The van der Waals surface area contributed by atoms with E-state index >= 15 is 0 Å². The van der Waals surface area contributed by atoms with Crippen LogP contribution in [0.4, 0.5) is 5.95 Å². The van der Waals surface area contributed by atoms with Crippen molar-refractivity contribution >= 4 is 31.6 Å². The summed E-state index contributed by atoms with van der Waals surface area (Å²) in [5.41, 5.74) is 0.660. The van der Waals surface area contributed by atoms with Gasteiger partial charge in [0.25, 0.3) is 0 Å². The van der Waals surface area contributed by atoms with Gasteiger partial charge in [-0.05, 0) is 6.92 Å². The maximum atomic E-state index is 11.9. The molecule has 0 bridgehead atoms. The Labute approximate surface area is 121 Å². The highest BCUT2D eigenvalue weighted by Gasteiger charge is 2.34. The number of amides is 1. The van der Waals surface area contributed by atoms with E-state index in [0.29, 0.717) is 11.6 Å². The molecule has 20 heavy (non-hydrogen) atoms. The Kier molecular flexibility index (Phi) is 4.14. The number of hydrogen-bond acceptors (Lipinski definition) is 6. The molecular weight excluding hydrogens is 306 g/mol. The number of rotatable bonds is 4. The van der Waals surface area contributed by atoms with Gasteiger partial charge in [0.15, 0.2) is 0 Å². The molecule has 1 saturated heterocycles. The number of nitrogens with zero attached hydrogens (tertiary/aromatic N) is 3. The summed E-state index contributed by atoms with van der Waals surface area (Å²) in [6.07, 6.45) is 0.117. The maximum Gasteiger partial charge on any atom is 0.235 e. The minimum absolute atomic E-state index is 0.117. The minimum Gasteiger partial charge on any atom is -0.481 e. The second-order valence-electron chi connectivity index (χ2n) is 4.63. The molecule has 1 aliphatic rings. The van der Waals surface area contributed by atoms with E-state index < -0.39 is 9.05 Å². The van der Waals surface area contributed by atoms with Crippen molar-refractivity contribution < 1.29 is 17.9 Å². The smallest absolute Gasteiger partial charge is 0.235 e. The predicted octanol–water partition coefficient (Wildman–Crippen LogP) is 0.715. The first-order chi connectivity index (χ1) is 9.28. The summed E-state index contributed by atoms with van der Waals surface area (Å²) < 4.78 is 27.2. The first-order valence-corrected chi connectivity index (χ1v) is 8.38. The zero-order valence-corrected chi connectivity index (χ0v) is 12.6. The fraction of sp³-hybridized carbons (Fsp3) is 0.545. The largest absolute Gasteiger partial charge is 0.481 e. The molecule has 1 unspecified atom stereocenters. The third kappa shape index (κ3) is 3.57. The van der Waals surface area contributed by atoms with Crippen LogP contribution in [-0.4, -0.2) is 43.7 Å². The van der Waals surface area contributed by atoms with Gasteiger partial charge in [0.2, 0.25) is 26.8 Å². The monoisotopic (exact) mass is 319 g/mol. The van der Waals surface area contributed by atoms with Crippen molar-refractivity contribution in [2.75, 3.05) is 24.3 Å². The molecule has 1 fully saturated rings. The third-order valence-corrected chi connectivity index (χ3v) is 4.16. The molecule has 110 valence electrons. The van der Waals surface area contributed by atoms with Crippen molar-refractivity contribution in [1.82, 2.24) is 9.97 Å². The molecule has 1 aromatic rings. The zero-order valence-electron chi connectivity index (χ0n) is 11.0. The van der Waals surface area contributed by atoms with E-state index in [-0.39, 0.29) is 36.5 Å². The highest BCUT2D eigenvalue weighted by molar-refractivity contribution is 8.13. The van der Waals surface area contributed by atoms with Crippen LogP contribution in [0.3, 0.4) is 0 Å². The van der Waals surface area contributed by atoms with Gasteiger partial charge in [-0.3, -0.25) is 9.69 Å². The number of aromatic nitrogens is 2. The van der Waals surface area contributed by atoms with Crippen molar-refractivity contribution in [3.05, 3.63) is 11.8 Å². The van der Waals surface area contributed by atoms with E-state index in [1.165, 1.54) is 12.0 Å². The number of ether oxygens (including phenoxy) is 1. The summed E-state index contributed by atoms with van der Waals surface area (Å²) in [6.45, 7) is 1.99. The number of hydrogen-bond donors (Lipinski definition) is 0. The van der Waals surface area contributed by atoms with Gasteiger partial charge in [-0.15, -0.1) is 0 Å². The SMILES string of the molecule is COc1cc(C)nc(N2CC(CS(=O)(=O)Cl)CC2=O)n1. The lowest BCUT2D eigenvalue weighted by molar-refractivity contribution is -0.117. The molecule has 2 heterocycles. The first-order valence-electron chi connectivity index (χ1n) is 5.91. The molecule has 7 nitrogen and oxygen atoms in total. The molecule has 9 heteroatoms. The quantitative estimate of drug-likeness (QED) is 0.759. The summed E-state index contributed by atoms with van der Waals surface area (Å²) in [7, 11) is 3.06. The molecule has 1 amide bonds. The standard InChI is InChI=1S/C11H14ClN3O4S/c1-7-3-9(19-2)14-11(13-7)15-5-8(4-10(15)16)6-20(12,17)18/h3,8H,4-6H2,1-2H3. The van der Waals surface area contributed by atoms with Crippen LogP contribution in [0.2, 0.25) is 0 Å². The minimum atomic E-state index is -3.63. The van der Waals surface area contributed by atoms with E-state index in [4.69, 9.17) is 15.4 Å². The molecule has 0 aliphatic carbocycles. The molecule has 0 spiro atoms. The first kappa shape index (κ1) is 15.0. The van der Waals surface area contributed by atoms with Crippen LogP contribution in [0, 0.1) is 12.8 Å². The lowest BCUT2D eigenvalue weighted by Crippen LogP contribution is -2.27. The molecule has 1 aliphatic heterocycles. The van der Waals surface area contributed by atoms with Gasteiger partial charge < -0.3 is 4.74 Å². The molecule has 0 N–H and O–H groups in total. The topological polar surface area (TPSA) is 89.5 Å². The lowest BCUT2D eigenvalue weighted by Gasteiger charge is -2.15. The van der Waals surface area contributed by atoms with Crippen molar-refractivity contribution in [3.8, 4) is 5.88 Å². The molecule has 0 saturated carbocycles. The highest BCUT2D eigenvalue weighted by atomic mass is 35.7. The fourth-order valence-electron chi connectivity index (χ4n) is 2.12. The summed E-state index contributed by atoms with van der Waals surface area (Å²) in [5, 5.41) is 0. The number of carbonyl (C=O) groups excluding carboxylic acids is 1. The van der Waals surface area contributed by atoms with Crippen LogP contribution in [0.1, 0.15) is 12.1 Å². The molecule has 0 aromatic carbocycles. The Bertz CT molecular complexity index is 635. The Morgan fingerprint density at radius 3 is 2.80 bits per heavy atom. The van der Waals surface area contributed by atoms with Crippen molar-refractivity contribution in [3.63, 3.8) is 0 Å². The Morgan fingerprint density at radius 1 is 1.50 bits per heavy atom. The van der Waals surface area contributed by atoms with Crippen molar-refractivity contribution in [1.29, 1.82) is 0 Å². The molecule has 0 radical (unpaired) electrons. The molecule has 2 rings (SSSR count). The van der Waals surface area contributed by atoms with Crippen LogP contribution in [0.5, 0.6) is 5.88 Å². The van der Waals surface area contributed by atoms with Crippen molar-refractivity contribution in [2.24, 2.45) is 5.92 Å². The number of carbonyl (C=O) groups is 1. The third-order valence-electron chi connectivity index (χ3n) is 2.91. The number of aryl methyl sites for hydroxylation is 1. The summed E-state index contributed by atoms with van der Waals surface area (Å²) in [4.78, 5) is 21.6. The van der Waals surface area contributed by atoms with E-state index in [0.717, 1.165) is 0 Å². The second-order valence-corrected chi connectivity index (χ2v) is 7.45. The maximum absolute atomic E-state index is 11.9. The van der Waals surface area contributed by atoms with Crippen LogP contribution in [0.25, 0.3) is 0 Å². The van der Waals surface area contributed by atoms with Crippen LogP contribution in [-0.2, 0) is 13.8 Å². The molecule has 1 aromatic heterocycles. The number of methoxy groups -OCH3 is 1. The summed E-state index contributed by atoms with van der Waals surface area (Å²) in [5.74, 6) is -0.224. The average molecular weight is 320 g/mol. The second kappa shape index (κ2) is 5.53. The van der Waals surface area contributed by atoms with Gasteiger partial charge in [0, 0.05) is 41.3 Å². The van der Waals surface area contributed by atoms with Crippen LogP contribution >= 0.6 is 10.7 Å². The van der Waals surface area contributed by atoms with Gasteiger partial charge in [0.1, 0.15) is 0 Å². The van der Waals surface area contributed by atoms with E-state index in [2.05, 4.69) is 9.97 Å². The lowest BCUT2D eigenvalue weighted by atomic mass is 10.1. The van der Waals surface area contributed by atoms with E-state index in [1.807, 2.05) is 0 Å². The Balaban J connectivity index is 2.21. The number of anilines is 1. The van der Waals surface area contributed by atoms with E-state index in [9.17, 15) is 13.2 Å². The Morgan fingerprint density at radius 2 is 2.20 bits per heavy atom.